The molecular formula is C22H17N3O4. The lowest BCUT2D eigenvalue weighted by atomic mass is 10.1. The lowest BCUT2D eigenvalue weighted by Crippen LogP contribution is -2.26. The maximum atomic E-state index is 13.4. The molecule has 0 saturated carbocycles. The van der Waals surface area contributed by atoms with E-state index in [1.54, 1.807) is 42.6 Å². The quantitative estimate of drug-likeness (QED) is 0.534. The van der Waals surface area contributed by atoms with E-state index in [0.717, 1.165) is 11.0 Å². The first-order valence-electron chi connectivity index (χ1n) is 8.82. The zero-order valence-corrected chi connectivity index (χ0v) is 15.5. The zero-order valence-electron chi connectivity index (χ0n) is 15.5. The van der Waals surface area contributed by atoms with Crippen LogP contribution in [0.1, 0.15) is 20.7 Å². The molecule has 0 spiro atoms. The first-order chi connectivity index (χ1) is 14.1. The van der Waals surface area contributed by atoms with Crippen molar-refractivity contribution in [3.8, 4) is 5.75 Å². The second-order valence-corrected chi connectivity index (χ2v) is 6.33. The fourth-order valence-electron chi connectivity index (χ4n) is 3.06. The highest BCUT2D eigenvalue weighted by Crippen LogP contribution is 2.31. The molecule has 0 radical (unpaired) electrons. The number of nitrogens with zero attached hydrogens (tertiary/aromatic N) is 2. The lowest BCUT2D eigenvalue weighted by Gasteiger charge is -2.23. The largest absolute Gasteiger partial charge is 0.497 e. The highest BCUT2D eigenvalue weighted by atomic mass is 16.5. The number of aromatic carboxylic acids is 1. The van der Waals surface area contributed by atoms with Crippen LogP contribution in [0.4, 0.5) is 11.4 Å². The Hall–Kier alpha value is -4.13. The summed E-state index contributed by atoms with van der Waals surface area (Å²) in [6, 6.07) is 18.5. The molecule has 7 heteroatoms. The molecule has 0 atom stereocenters. The van der Waals surface area contributed by atoms with E-state index in [4.69, 9.17) is 9.84 Å². The Balaban J connectivity index is 1.79. The number of rotatable bonds is 5. The number of amides is 1. The monoisotopic (exact) mass is 387 g/mol. The second kappa shape index (κ2) is 7.47. The molecule has 1 amide bonds. The molecule has 4 rings (SSSR count). The Labute approximate surface area is 166 Å². The van der Waals surface area contributed by atoms with Crippen LogP contribution in [0, 0.1) is 0 Å². The number of carboxylic acid groups (broad SMARTS) is 1. The molecule has 1 aromatic heterocycles. The van der Waals surface area contributed by atoms with E-state index < -0.39 is 5.97 Å². The Bertz CT molecular complexity index is 1180. The molecule has 144 valence electrons. The number of carbonyl (C=O) groups is 2. The molecule has 0 saturated heterocycles. The molecule has 3 aromatic carbocycles. The average Bonchev–Trinajstić information content (AvgIpc) is 3.22. The van der Waals surface area contributed by atoms with Crippen molar-refractivity contribution in [2.24, 2.45) is 0 Å². The summed E-state index contributed by atoms with van der Waals surface area (Å²) in [6.45, 7) is 0. The van der Waals surface area contributed by atoms with Crippen molar-refractivity contribution in [3.05, 3.63) is 84.2 Å². The van der Waals surface area contributed by atoms with Crippen LogP contribution >= 0.6 is 0 Å². The summed E-state index contributed by atoms with van der Waals surface area (Å²) in [5.74, 6) is -0.656. The van der Waals surface area contributed by atoms with E-state index in [0.29, 0.717) is 22.7 Å². The van der Waals surface area contributed by atoms with Crippen LogP contribution in [0.5, 0.6) is 5.75 Å². The van der Waals surface area contributed by atoms with Gasteiger partial charge in [0.2, 0.25) is 0 Å². The number of fused-ring (bicyclic) bond motifs is 1. The molecule has 4 aromatic rings. The van der Waals surface area contributed by atoms with Gasteiger partial charge < -0.3 is 14.8 Å². The van der Waals surface area contributed by atoms with Crippen molar-refractivity contribution >= 4 is 34.3 Å². The molecule has 0 aliphatic heterocycles. The van der Waals surface area contributed by atoms with Gasteiger partial charge in [0, 0.05) is 11.3 Å². The number of methoxy groups -OCH3 is 1. The molecule has 0 aliphatic carbocycles. The fraction of sp³-hybridized carbons (Fsp3) is 0.0455. The summed E-state index contributed by atoms with van der Waals surface area (Å²) in [5.41, 5.74) is 3.37. The van der Waals surface area contributed by atoms with Gasteiger partial charge in [-0.1, -0.05) is 0 Å². The number of imidazole rings is 1. The SMILES string of the molecule is COc1ccc(N(C(=O)c2ccc(C(=O)O)cc2)c2ccc3[nH]cnc3c2)cc1. The van der Waals surface area contributed by atoms with Gasteiger partial charge in [-0.2, -0.15) is 0 Å². The van der Waals surface area contributed by atoms with Crippen molar-refractivity contribution in [1.29, 1.82) is 0 Å². The number of aromatic nitrogens is 2. The van der Waals surface area contributed by atoms with Gasteiger partial charge in [0.15, 0.2) is 0 Å². The van der Waals surface area contributed by atoms with Gasteiger partial charge in [-0.15, -0.1) is 0 Å². The predicted octanol–water partition coefficient (Wildman–Crippen LogP) is 4.25. The fourth-order valence-corrected chi connectivity index (χ4v) is 3.06. The summed E-state index contributed by atoms with van der Waals surface area (Å²) >= 11 is 0. The van der Waals surface area contributed by atoms with Gasteiger partial charge >= 0.3 is 5.97 Å². The Kier molecular flexibility index (Phi) is 4.70. The van der Waals surface area contributed by atoms with E-state index in [2.05, 4.69) is 9.97 Å². The number of ether oxygens (including phenoxy) is 1. The van der Waals surface area contributed by atoms with Gasteiger partial charge in [0.25, 0.3) is 5.91 Å². The first kappa shape index (κ1) is 18.2. The number of H-pyrrole nitrogens is 1. The van der Waals surface area contributed by atoms with Crippen LogP contribution < -0.4 is 9.64 Å². The molecule has 0 bridgehead atoms. The van der Waals surface area contributed by atoms with Gasteiger partial charge in [0.05, 0.1) is 35.7 Å². The molecule has 2 N–H and O–H groups in total. The number of hydrogen-bond acceptors (Lipinski definition) is 4. The Morgan fingerprint density at radius 1 is 0.931 bits per heavy atom. The number of nitrogens with one attached hydrogen (secondary N) is 1. The summed E-state index contributed by atoms with van der Waals surface area (Å²) in [6.07, 6.45) is 1.60. The maximum Gasteiger partial charge on any atom is 0.335 e. The van der Waals surface area contributed by atoms with Gasteiger partial charge in [-0.3, -0.25) is 9.69 Å². The van der Waals surface area contributed by atoms with Gasteiger partial charge in [-0.25, -0.2) is 9.78 Å². The van der Waals surface area contributed by atoms with Crippen LogP contribution in [0.25, 0.3) is 11.0 Å². The standard InChI is InChI=1S/C22H17N3O4/c1-29-18-9-6-16(7-10-18)25(17-8-11-19-20(12-17)24-13-23-19)21(26)14-2-4-15(5-3-14)22(27)28/h2-13H,1H3,(H,23,24)(H,27,28). The van der Waals surface area contributed by atoms with E-state index in [-0.39, 0.29) is 11.5 Å². The second-order valence-electron chi connectivity index (χ2n) is 6.33. The maximum absolute atomic E-state index is 13.4. The number of benzene rings is 3. The van der Waals surface area contributed by atoms with Crippen LogP contribution in [0.15, 0.2) is 73.1 Å². The predicted molar refractivity (Wildman–Crippen MR) is 109 cm³/mol. The van der Waals surface area contributed by atoms with Crippen molar-refractivity contribution in [1.82, 2.24) is 9.97 Å². The molecule has 0 unspecified atom stereocenters. The smallest absolute Gasteiger partial charge is 0.335 e. The molecule has 0 aliphatic rings. The number of hydrogen-bond donors (Lipinski definition) is 2. The average molecular weight is 387 g/mol. The van der Waals surface area contributed by atoms with Crippen LogP contribution in [0.3, 0.4) is 0 Å². The molecular weight excluding hydrogens is 370 g/mol. The van der Waals surface area contributed by atoms with E-state index in [9.17, 15) is 9.59 Å². The van der Waals surface area contributed by atoms with Crippen molar-refractivity contribution in [2.75, 3.05) is 12.0 Å². The Morgan fingerprint density at radius 2 is 1.59 bits per heavy atom. The summed E-state index contributed by atoms with van der Waals surface area (Å²) < 4.78 is 5.21. The highest BCUT2D eigenvalue weighted by molar-refractivity contribution is 6.11. The van der Waals surface area contributed by atoms with E-state index in [1.807, 2.05) is 18.2 Å². The third-order valence-corrected chi connectivity index (χ3v) is 4.58. The van der Waals surface area contributed by atoms with Crippen molar-refractivity contribution < 1.29 is 19.4 Å². The first-order valence-corrected chi connectivity index (χ1v) is 8.82. The van der Waals surface area contributed by atoms with E-state index in [1.165, 1.54) is 24.3 Å². The summed E-state index contributed by atoms with van der Waals surface area (Å²) in [5, 5.41) is 9.09. The van der Waals surface area contributed by atoms with Crippen LogP contribution in [-0.4, -0.2) is 34.1 Å². The number of carboxylic acids is 1. The number of anilines is 2. The lowest BCUT2D eigenvalue weighted by molar-refractivity contribution is 0.0696. The zero-order chi connectivity index (χ0) is 20.4. The van der Waals surface area contributed by atoms with Crippen LogP contribution in [0.2, 0.25) is 0 Å². The number of aromatic amines is 1. The highest BCUT2D eigenvalue weighted by Gasteiger charge is 2.21. The van der Waals surface area contributed by atoms with Crippen LogP contribution in [-0.2, 0) is 0 Å². The Morgan fingerprint density at radius 3 is 2.24 bits per heavy atom. The van der Waals surface area contributed by atoms with E-state index >= 15 is 0 Å². The molecule has 0 fully saturated rings. The minimum atomic E-state index is -1.04. The minimum Gasteiger partial charge on any atom is -0.497 e. The number of carbonyl (C=O) groups excluding carboxylic acids is 1. The normalized spacial score (nSPS) is 10.7. The summed E-state index contributed by atoms with van der Waals surface area (Å²) in [7, 11) is 1.58. The molecule has 7 nitrogen and oxygen atoms in total. The van der Waals surface area contributed by atoms with Gasteiger partial charge in [0.1, 0.15) is 5.75 Å². The molecule has 1 heterocycles. The third kappa shape index (κ3) is 3.53. The van der Waals surface area contributed by atoms with Crippen molar-refractivity contribution in [2.45, 2.75) is 0 Å². The third-order valence-electron chi connectivity index (χ3n) is 4.58. The van der Waals surface area contributed by atoms with Crippen molar-refractivity contribution in [3.63, 3.8) is 0 Å². The summed E-state index contributed by atoms with van der Waals surface area (Å²) in [4.78, 5) is 33.3. The molecule has 29 heavy (non-hydrogen) atoms. The topological polar surface area (TPSA) is 95.5 Å². The van der Waals surface area contributed by atoms with Gasteiger partial charge in [-0.05, 0) is 66.7 Å². The minimum absolute atomic E-state index is 0.121.